The smallest absolute Gasteiger partial charge is 0.411 e. The standard InChI is InChI=1S/C22H27N3O4/c1-2-29-22(27)24-20-9-5-8-17(14-20)21(26)23-15-18-6-3-4-7-19(18)16-25-10-12-28-13-11-25/h3-9,14H,2,10-13,15-16H2,1H3,(H,23,26)(H,24,27)/p+1. The lowest BCUT2D eigenvalue weighted by Crippen LogP contribution is -3.12. The maximum Gasteiger partial charge on any atom is 0.411 e. The van der Waals surface area contributed by atoms with Gasteiger partial charge in [0, 0.05) is 23.4 Å². The summed E-state index contributed by atoms with van der Waals surface area (Å²) in [4.78, 5) is 25.7. The number of ether oxygens (including phenoxy) is 2. The topological polar surface area (TPSA) is 81.1 Å². The number of rotatable bonds is 7. The summed E-state index contributed by atoms with van der Waals surface area (Å²) in [6, 6.07) is 15.0. The van der Waals surface area contributed by atoms with E-state index in [-0.39, 0.29) is 12.5 Å². The average molecular weight is 398 g/mol. The first-order valence-corrected chi connectivity index (χ1v) is 9.96. The first kappa shape index (κ1) is 20.8. The van der Waals surface area contributed by atoms with Crippen LogP contribution in [0.25, 0.3) is 0 Å². The first-order valence-electron chi connectivity index (χ1n) is 9.96. The third-order valence-corrected chi connectivity index (χ3v) is 4.84. The molecule has 3 N–H and O–H groups in total. The highest BCUT2D eigenvalue weighted by molar-refractivity contribution is 5.96. The van der Waals surface area contributed by atoms with Gasteiger partial charge in [-0.3, -0.25) is 10.1 Å². The molecule has 1 fully saturated rings. The van der Waals surface area contributed by atoms with Gasteiger partial charge < -0.3 is 19.7 Å². The van der Waals surface area contributed by atoms with Crippen molar-refractivity contribution in [1.82, 2.24) is 5.32 Å². The van der Waals surface area contributed by atoms with Crippen LogP contribution in [0.4, 0.5) is 10.5 Å². The van der Waals surface area contributed by atoms with Gasteiger partial charge in [-0.15, -0.1) is 0 Å². The van der Waals surface area contributed by atoms with Crippen LogP contribution in [0.15, 0.2) is 48.5 Å². The van der Waals surface area contributed by atoms with Crippen molar-refractivity contribution in [2.24, 2.45) is 0 Å². The number of morpholine rings is 1. The summed E-state index contributed by atoms with van der Waals surface area (Å²) in [6.45, 7) is 7.00. The number of hydrogen-bond acceptors (Lipinski definition) is 4. The van der Waals surface area contributed by atoms with Crippen LogP contribution in [0, 0.1) is 0 Å². The predicted octanol–water partition coefficient (Wildman–Crippen LogP) is 1.60. The van der Waals surface area contributed by atoms with Crippen molar-refractivity contribution in [2.45, 2.75) is 20.0 Å². The van der Waals surface area contributed by atoms with Crippen LogP contribution in [0.2, 0.25) is 0 Å². The van der Waals surface area contributed by atoms with Crippen LogP contribution in [0.1, 0.15) is 28.4 Å². The second-order valence-corrected chi connectivity index (χ2v) is 6.92. The second kappa shape index (κ2) is 10.6. The minimum Gasteiger partial charge on any atom is -0.450 e. The SMILES string of the molecule is CCOC(=O)Nc1cccc(C(=O)NCc2ccccc2C[NH+]2CCOCC2)c1. The number of nitrogens with one attached hydrogen (secondary N) is 3. The minimum atomic E-state index is -0.537. The maximum absolute atomic E-state index is 12.6. The molecule has 2 aromatic rings. The fraction of sp³-hybridized carbons (Fsp3) is 0.364. The molecule has 0 atom stereocenters. The van der Waals surface area contributed by atoms with Crippen LogP contribution >= 0.6 is 0 Å². The van der Waals surface area contributed by atoms with Gasteiger partial charge in [-0.05, 0) is 30.7 Å². The Morgan fingerprint density at radius 2 is 1.83 bits per heavy atom. The highest BCUT2D eigenvalue weighted by Gasteiger charge is 2.16. The summed E-state index contributed by atoms with van der Waals surface area (Å²) in [5.41, 5.74) is 3.35. The zero-order chi connectivity index (χ0) is 20.5. The van der Waals surface area contributed by atoms with Gasteiger partial charge in [0.1, 0.15) is 19.6 Å². The van der Waals surface area contributed by atoms with E-state index in [9.17, 15) is 9.59 Å². The Kier molecular flexibility index (Phi) is 7.61. The fourth-order valence-electron chi connectivity index (χ4n) is 3.31. The van der Waals surface area contributed by atoms with Crippen molar-refractivity contribution < 1.29 is 24.0 Å². The molecule has 3 rings (SSSR count). The number of amides is 2. The molecule has 1 saturated heterocycles. The molecule has 7 heteroatoms. The van der Waals surface area contributed by atoms with Gasteiger partial charge in [-0.25, -0.2) is 4.79 Å². The Balaban J connectivity index is 1.60. The van der Waals surface area contributed by atoms with Crippen LogP contribution in [-0.2, 0) is 22.6 Å². The van der Waals surface area contributed by atoms with Crippen molar-refractivity contribution in [3.05, 3.63) is 65.2 Å². The molecule has 7 nitrogen and oxygen atoms in total. The number of anilines is 1. The number of hydrogen-bond donors (Lipinski definition) is 3. The molecule has 0 aromatic heterocycles. The first-order chi connectivity index (χ1) is 14.2. The minimum absolute atomic E-state index is 0.189. The Labute approximate surface area is 171 Å². The van der Waals surface area contributed by atoms with Gasteiger partial charge >= 0.3 is 6.09 Å². The summed E-state index contributed by atoms with van der Waals surface area (Å²) >= 11 is 0. The van der Waals surface area contributed by atoms with Crippen LogP contribution in [-0.4, -0.2) is 44.9 Å². The molecule has 29 heavy (non-hydrogen) atoms. The Morgan fingerprint density at radius 3 is 2.59 bits per heavy atom. The normalized spacial score (nSPS) is 14.2. The van der Waals surface area contributed by atoms with E-state index in [4.69, 9.17) is 9.47 Å². The summed E-state index contributed by atoms with van der Waals surface area (Å²) < 4.78 is 10.3. The second-order valence-electron chi connectivity index (χ2n) is 6.92. The highest BCUT2D eigenvalue weighted by Crippen LogP contribution is 2.12. The summed E-state index contributed by atoms with van der Waals surface area (Å²) in [6.07, 6.45) is -0.537. The molecule has 0 aliphatic carbocycles. The van der Waals surface area contributed by atoms with E-state index in [1.807, 2.05) is 18.2 Å². The molecular formula is C22H28N3O4+. The Hall–Kier alpha value is -2.90. The van der Waals surface area contributed by atoms with E-state index in [1.165, 1.54) is 10.5 Å². The Bertz CT molecular complexity index is 834. The molecule has 1 heterocycles. The molecule has 2 aromatic carbocycles. The summed E-state index contributed by atoms with van der Waals surface area (Å²) in [5, 5.41) is 5.59. The van der Waals surface area contributed by atoms with Gasteiger partial charge in [0.05, 0.1) is 19.8 Å². The van der Waals surface area contributed by atoms with Crippen molar-refractivity contribution in [3.63, 3.8) is 0 Å². The quantitative estimate of drug-likeness (QED) is 0.662. The lowest BCUT2D eigenvalue weighted by molar-refractivity contribution is -0.921. The molecule has 0 unspecified atom stereocenters. The van der Waals surface area contributed by atoms with Crippen molar-refractivity contribution in [3.8, 4) is 0 Å². The van der Waals surface area contributed by atoms with Gasteiger partial charge in [0.25, 0.3) is 5.91 Å². The molecule has 1 aliphatic rings. The van der Waals surface area contributed by atoms with Crippen LogP contribution < -0.4 is 15.5 Å². The molecular weight excluding hydrogens is 370 g/mol. The van der Waals surface area contributed by atoms with Crippen molar-refractivity contribution in [2.75, 3.05) is 38.2 Å². The lowest BCUT2D eigenvalue weighted by atomic mass is 10.1. The van der Waals surface area contributed by atoms with E-state index < -0.39 is 6.09 Å². The lowest BCUT2D eigenvalue weighted by Gasteiger charge is -2.24. The maximum atomic E-state index is 12.6. The van der Waals surface area contributed by atoms with Crippen LogP contribution in [0.5, 0.6) is 0 Å². The highest BCUT2D eigenvalue weighted by atomic mass is 16.5. The molecule has 2 amide bonds. The zero-order valence-electron chi connectivity index (χ0n) is 16.7. The third kappa shape index (κ3) is 6.30. The predicted molar refractivity (Wildman–Crippen MR) is 110 cm³/mol. The number of carbonyl (C=O) groups is 2. The molecule has 0 spiro atoms. The third-order valence-electron chi connectivity index (χ3n) is 4.84. The van der Waals surface area contributed by atoms with Gasteiger partial charge in [0.15, 0.2) is 0 Å². The van der Waals surface area contributed by atoms with Crippen molar-refractivity contribution >= 4 is 17.7 Å². The average Bonchev–Trinajstić information content (AvgIpc) is 2.74. The van der Waals surface area contributed by atoms with Crippen LogP contribution in [0.3, 0.4) is 0 Å². The molecule has 0 saturated carbocycles. The number of benzene rings is 2. The zero-order valence-corrected chi connectivity index (χ0v) is 16.7. The summed E-state index contributed by atoms with van der Waals surface area (Å²) in [5.74, 6) is -0.189. The largest absolute Gasteiger partial charge is 0.450 e. The Morgan fingerprint density at radius 1 is 1.07 bits per heavy atom. The number of quaternary nitrogens is 1. The van der Waals surface area contributed by atoms with Gasteiger partial charge in [-0.1, -0.05) is 30.3 Å². The molecule has 154 valence electrons. The summed E-state index contributed by atoms with van der Waals surface area (Å²) in [7, 11) is 0. The van der Waals surface area contributed by atoms with E-state index in [2.05, 4.69) is 16.7 Å². The fourth-order valence-corrected chi connectivity index (χ4v) is 3.31. The molecule has 0 bridgehead atoms. The van der Waals surface area contributed by atoms with Crippen molar-refractivity contribution in [1.29, 1.82) is 0 Å². The van der Waals surface area contributed by atoms with E-state index in [1.54, 1.807) is 31.2 Å². The van der Waals surface area contributed by atoms with E-state index >= 15 is 0 Å². The molecule has 0 radical (unpaired) electrons. The molecule has 1 aliphatic heterocycles. The van der Waals surface area contributed by atoms with Gasteiger partial charge in [0.2, 0.25) is 0 Å². The van der Waals surface area contributed by atoms with E-state index in [0.29, 0.717) is 17.8 Å². The number of carbonyl (C=O) groups excluding carboxylic acids is 2. The van der Waals surface area contributed by atoms with E-state index in [0.717, 1.165) is 38.4 Å². The van der Waals surface area contributed by atoms with Gasteiger partial charge in [-0.2, -0.15) is 0 Å². The monoisotopic (exact) mass is 398 g/mol.